The van der Waals surface area contributed by atoms with Crippen LogP contribution < -0.4 is 10.6 Å². The largest absolute Gasteiger partial charge is 0.450 e. The van der Waals surface area contributed by atoms with E-state index in [0.717, 1.165) is 26.1 Å². The number of hydrogen-bond donors (Lipinski definition) is 2. The van der Waals surface area contributed by atoms with E-state index in [9.17, 15) is 4.79 Å². The summed E-state index contributed by atoms with van der Waals surface area (Å²) in [5.41, 5.74) is -0.188. The van der Waals surface area contributed by atoms with Gasteiger partial charge in [-0.25, -0.2) is 4.79 Å². The number of hydrogen-bond acceptors (Lipinski definition) is 4. The molecule has 2 unspecified atom stereocenters. The van der Waals surface area contributed by atoms with Gasteiger partial charge in [0.2, 0.25) is 0 Å². The summed E-state index contributed by atoms with van der Waals surface area (Å²) in [5.74, 6) is 0.527. The number of ether oxygens (including phenoxy) is 2. The van der Waals surface area contributed by atoms with Gasteiger partial charge in [-0.05, 0) is 13.3 Å². The van der Waals surface area contributed by atoms with Crippen LogP contribution in [-0.2, 0) is 9.47 Å². The van der Waals surface area contributed by atoms with Gasteiger partial charge in [-0.15, -0.1) is 0 Å². The first-order valence-electron chi connectivity index (χ1n) is 5.52. The molecule has 2 rings (SSSR count). The maximum Gasteiger partial charge on any atom is 0.407 e. The molecule has 5 nitrogen and oxygen atoms in total. The highest BCUT2D eigenvalue weighted by molar-refractivity contribution is 5.67. The van der Waals surface area contributed by atoms with Gasteiger partial charge in [-0.2, -0.15) is 0 Å². The third-order valence-electron chi connectivity index (χ3n) is 3.22. The fraction of sp³-hybridized carbons (Fsp3) is 0.900. The van der Waals surface area contributed by atoms with Crippen LogP contribution in [0.4, 0.5) is 4.79 Å². The molecule has 0 aromatic carbocycles. The Hall–Kier alpha value is -0.810. The van der Waals surface area contributed by atoms with Crippen LogP contribution in [0.2, 0.25) is 0 Å². The Labute approximate surface area is 89.5 Å². The van der Waals surface area contributed by atoms with Crippen LogP contribution in [0.25, 0.3) is 0 Å². The molecule has 2 heterocycles. The Kier molecular flexibility index (Phi) is 3.11. The van der Waals surface area contributed by atoms with Gasteiger partial charge in [-0.3, -0.25) is 0 Å². The second-order valence-electron chi connectivity index (χ2n) is 4.10. The second-order valence-corrected chi connectivity index (χ2v) is 4.10. The first-order valence-corrected chi connectivity index (χ1v) is 5.52. The predicted octanol–water partition coefficient (Wildman–Crippen LogP) is 0.111. The smallest absolute Gasteiger partial charge is 0.407 e. The van der Waals surface area contributed by atoms with Crippen LogP contribution in [0.15, 0.2) is 0 Å². The molecule has 2 aliphatic rings. The van der Waals surface area contributed by atoms with E-state index in [-0.39, 0.29) is 11.7 Å². The Morgan fingerprint density at radius 1 is 1.73 bits per heavy atom. The number of amides is 1. The van der Waals surface area contributed by atoms with Gasteiger partial charge in [0.15, 0.2) is 0 Å². The zero-order valence-corrected chi connectivity index (χ0v) is 9.04. The van der Waals surface area contributed by atoms with Gasteiger partial charge < -0.3 is 20.1 Å². The van der Waals surface area contributed by atoms with Crippen molar-refractivity contribution in [3.63, 3.8) is 0 Å². The first-order chi connectivity index (χ1) is 7.27. The molecule has 2 atom stereocenters. The molecule has 0 spiro atoms. The lowest BCUT2D eigenvalue weighted by Gasteiger charge is -2.27. The van der Waals surface area contributed by atoms with E-state index in [2.05, 4.69) is 10.6 Å². The van der Waals surface area contributed by atoms with Gasteiger partial charge in [-0.1, -0.05) is 0 Å². The van der Waals surface area contributed by atoms with E-state index < -0.39 is 0 Å². The Balaban J connectivity index is 1.85. The number of nitrogens with one attached hydrogen (secondary N) is 2. The average molecular weight is 214 g/mol. The normalized spacial score (nSPS) is 33.8. The van der Waals surface area contributed by atoms with Crippen molar-refractivity contribution >= 4 is 6.09 Å². The zero-order valence-electron chi connectivity index (χ0n) is 9.04. The Morgan fingerprint density at radius 3 is 3.40 bits per heavy atom. The van der Waals surface area contributed by atoms with Crippen molar-refractivity contribution in [3.8, 4) is 0 Å². The average Bonchev–Trinajstić information content (AvgIpc) is 2.73. The standard InChI is InChI=1S/C10H18N2O3/c1-2-14-9(13)12-7-10-6-11-5-8(10)3-4-15-10/h8,11H,2-7H2,1H3,(H,12,13). The molecule has 0 aromatic heterocycles. The van der Waals surface area contributed by atoms with Crippen molar-refractivity contribution in [2.75, 3.05) is 32.8 Å². The summed E-state index contributed by atoms with van der Waals surface area (Å²) < 4.78 is 10.6. The number of alkyl carbamates (subject to hydrolysis) is 1. The van der Waals surface area contributed by atoms with Gasteiger partial charge in [0, 0.05) is 25.6 Å². The lowest BCUT2D eigenvalue weighted by atomic mass is 9.91. The van der Waals surface area contributed by atoms with Crippen LogP contribution in [0.5, 0.6) is 0 Å². The fourth-order valence-electron chi connectivity index (χ4n) is 2.39. The van der Waals surface area contributed by atoms with Crippen molar-refractivity contribution in [2.24, 2.45) is 5.92 Å². The first kappa shape index (κ1) is 10.7. The highest BCUT2D eigenvalue weighted by Crippen LogP contribution is 2.34. The van der Waals surface area contributed by atoms with E-state index >= 15 is 0 Å². The zero-order chi connectivity index (χ0) is 10.7. The van der Waals surface area contributed by atoms with Crippen molar-refractivity contribution in [2.45, 2.75) is 18.9 Å². The van der Waals surface area contributed by atoms with E-state index in [1.165, 1.54) is 0 Å². The summed E-state index contributed by atoms with van der Waals surface area (Å²) >= 11 is 0. The molecule has 0 aliphatic carbocycles. The van der Waals surface area contributed by atoms with Crippen molar-refractivity contribution < 1.29 is 14.3 Å². The van der Waals surface area contributed by atoms with E-state index in [1.807, 2.05) is 0 Å². The molecular weight excluding hydrogens is 196 g/mol. The molecule has 2 aliphatic heterocycles. The number of carbonyl (C=O) groups excluding carboxylic acids is 1. The molecule has 5 heteroatoms. The van der Waals surface area contributed by atoms with Crippen molar-refractivity contribution in [3.05, 3.63) is 0 Å². The summed E-state index contributed by atoms with van der Waals surface area (Å²) in [6.07, 6.45) is 0.727. The van der Waals surface area contributed by atoms with E-state index in [4.69, 9.17) is 9.47 Å². The van der Waals surface area contributed by atoms with Crippen LogP contribution >= 0.6 is 0 Å². The Morgan fingerprint density at radius 2 is 2.60 bits per heavy atom. The topological polar surface area (TPSA) is 59.6 Å². The lowest BCUT2D eigenvalue weighted by Crippen LogP contribution is -2.47. The minimum atomic E-state index is -0.354. The number of carbonyl (C=O) groups is 1. The molecule has 2 fully saturated rings. The SMILES string of the molecule is CCOC(=O)NCC12CNCC1CCO2. The van der Waals surface area contributed by atoms with Crippen LogP contribution in [0, 0.1) is 5.92 Å². The minimum absolute atomic E-state index is 0.188. The van der Waals surface area contributed by atoms with E-state index in [0.29, 0.717) is 19.1 Å². The summed E-state index contributed by atoms with van der Waals surface area (Å²) in [4.78, 5) is 11.2. The number of fused-ring (bicyclic) bond motifs is 1. The van der Waals surface area contributed by atoms with E-state index in [1.54, 1.807) is 6.92 Å². The fourth-order valence-corrected chi connectivity index (χ4v) is 2.39. The minimum Gasteiger partial charge on any atom is -0.450 e. The molecule has 2 N–H and O–H groups in total. The number of rotatable bonds is 3. The summed E-state index contributed by atoms with van der Waals surface area (Å²) in [7, 11) is 0. The third kappa shape index (κ3) is 2.08. The molecule has 0 saturated carbocycles. The van der Waals surface area contributed by atoms with Gasteiger partial charge >= 0.3 is 6.09 Å². The monoisotopic (exact) mass is 214 g/mol. The van der Waals surface area contributed by atoms with Gasteiger partial charge in [0.25, 0.3) is 0 Å². The lowest BCUT2D eigenvalue weighted by molar-refractivity contribution is 0.00384. The molecule has 0 bridgehead atoms. The van der Waals surface area contributed by atoms with Crippen LogP contribution in [0.3, 0.4) is 0 Å². The summed E-state index contributed by atoms with van der Waals surface area (Å²) in [6.45, 7) is 5.36. The molecule has 2 saturated heterocycles. The molecule has 1 amide bonds. The maximum absolute atomic E-state index is 11.2. The molecular formula is C10H18N2O3. The van der Waals surface area contributed by atoms with Crippen molar-refractivity contribution in [1.29, 1.82) is 0 Å². The summed E-state index contributed by atoms with van der Waals surface area (Å²) in [6, 6.07) is 0. The quantitative estimate of drug-likeness (QED) is 0.700. The van der Waals surface area contributed by atoms with Crippen LogP contribution in [0.1, 0.15) is 13.3 Å². The maximum atomic E-state index is 11.2. The van der Waals surface area contributed by atoms with Gasteiger partial charge in [0.1, 0.15) is 5.60 Å². The highest BCUT2D eigenvalue weighted by atomic mass is 16.5. The third-order valence-corrected chi connectivity index (χ3v) is 3.22. The predicted molar refractivity (Wildman–Crippen MR) is 54.7 cm³/mol. The summed E-state index contributed by atoms with van der Waals surface area (Å²) in [5, 5.41) is 6.07. The van der Waals surface area contributed by atoms with Crippen LogP contribution in [-0.4, -0.2) is 44.5 Å². The molecule has 15 heavy (non-hydrogen) atoms. The van der Waals surface area contributed by atoms with Crippen molar-refractivity contribution in [1.82, 2.24) is 10.6 Å². The Bertz CT molecular complexity index is 235. The highest BCUT2D eigenvalue weighted by Gasteiger charge is 2.47. The second kappa shape index (κ2) is 4.37. The molecule has 0 aromatic rings. The molecule has 0 radical (unpaired) electrons. The molecule has 86 valence electrons. The van der Waals surface area contributed by atoms with Gasteiger partial charge in [0.05, 0.1) is 13.2 Å².